The van der Waals surface area contributed by atoms with Gasteiger partial charge in [-0.15, -0.1) is 11.3 Å². The van der Waals surface area contributed by atoms with E-state index in [4.69, 9.17) is 4.98 Å². The molecule has 2 aliphatic rings. The number of hydrogen-bond acceptors (Lipinski definition) is 3. The Kier molecular flexibility index (Phi) is 5.28. The van der Waals surface area contributed by atoms with E-state index in [-0.39, 0.29) is 11.6 Å². The molecule has 0 aromatic carbocycles. The second kappa shape index (κ2) is 7.65. The Morgan fingerprint density at radius 2 is 2.27 bits per heavy atom. The summed E-state index contributed by atoms with van der Waals surface area (Å²) in [5, 5.41) is 3.18. The van der Waals surface area contributed by atoms with Crippen LogP contribution in [-0.2, 0) is 12.8 Å². The number of aromatic amines is 1. The molecule has 3 N–H and O–H groups in total. The van der Waals surface area contributed by atoms with E-state index in [1.54, 1.807) is 16.9 Å². The number of nitrogens with one attached hydrogen (secondary N) is 1. The zero-order valence-corrected chi connectivity index (χ0v) is 16.8. The van der Waals surface area contributed by atoms with Crippen molar-refractivity contribution in [3.8, 4) is 0 Å². The molecule has 140 valence electrons. The minimum absolute atomic E-state index is 0.0623. The maximum absolute atomic E-state index is 12.7. The molecule has 0 saturated carbocycles. The van der Waals surface area contributed by atoms with Crippen LogP contribution in [0.25, 0.3) is 10.2 Å². The fourth-order valence-corrected chi connectivity index (χ4v) is 5.73. The van der Waals surface area contributed by atoms with Crippen molar-refractivity contribution in [2.24, 2.45) is 5.92 Å². The van der Waals surface area contributed by atoms with E-state index < -0.39 is 0 Å². The van der Waals surface area contributed by atoms with E-state index in [0.717, 1.165) is 47.8 Å². The highest BCUT2D eigenvalue weighted by atomic mass is 32.1. The van der Waals surface area contributed by atoms with Gasteiger partial charge in [0.2, 0.25) is 0 Å². The summed E-state index contributed by atoms with van der Waals surface area (Å²) in [6.07, 6.45) is 12.1. The summed E-state index contributed by atoms with van der Waals surface area (Å²) in [6, 6.07) is 0.189. The number of allylic oxidation sites excluding steroid dienone is 1. The zero-order chi connectivity index (χ0) is 18.1. The van der Waals surface area contributed by atoms with Crippen molar-refractivity contribution in [3.63, 3.8) is 0 Å². The highest BCUT2D eigenvalue weighted by Crippen LogP contribution is 2.35. The van der Waals surface area contributed by atoms with Crippen molar-refractivity contribution in [2.75, 3.05) is 6.54 Å². The molecule has 0 spiro atoms. The monoisotopic (exact) mass is 372 g/mol. The first-order chi connectivity index (χ1) is 12.6. The number of H-pyrrole nitrogens is 1. The fourth-order valence-electron chi connectivity index (χ4n) is 4.34. The van der Waals surface area contributed by atoms with Gasteiger partial charge in [0.25, 0.3) is 5.56 Å². The topological polar surface area (TPSA) is 62.4 Å². The second-order valence-corrected chi connectivity index (χ2v) is 9.24. The molecule has 0 fully saturated rings. The number of nitrogens with two attached hydrogens (primary N) is 1. The Morgan fingerprint density at radius 3 is 3.08 bits per heavy atom. The van der Waals surface area contributed by atoms with Crippen LogP contribution < -0.4 is 10.9 Å². The maximum atomic E-state index is 12.7. The third-order valence-corrected chi connectivity index (χ3v) is 7.13. The van der Waals surface area contributed by atoms with Gasteiger partial charge in [-0.25, -0.2) is 4.98 Å². The minimum Gasteiger partial charge on any atom is -0.337 e. The van der Waals surface area contributed by atoms with Gasteiger partial charge >= 0.3 is 0 Å². The lowest BCUT2D eigenvalue weighted by Gasteiger charge is -2.17. The third-order valence-electron chi connectivity index (χ3n) is 5.99. The van der Waals surface area contributed by atoms with E-state index in [0.29, 0.717) is 0 Å². The molecule has 0 unspecified atom stereocenters. The van der Waals surface area contributed by atoms with E-state index >= 15 is 0 Å². The number of aromatic nitrogens is 2. The van der Waals surface area contributed by atoms with Gasteiger partial charge in [-0.1, -0.05) is 18.6 Å². The molecular weight excluding hydrogens is 342 g/mol. The fraction of sp³-hybridized carbons (Fsp3) is 0.619. The van der Waals surface area contributed by atoms with Gasteiger partial charge in [-0.2, -0.15) is 0 Å². The number of aryl methyl sites for hydroxylation is 1. The third kappa shape index (κ3) is 3.65. The molecule has 2 aromatic rings. The molecule has 4 nitrogen and oxygen atoms in total. The van der Waals surface area contributed by atoms with Gasteiger partial charge in [0.05, 0.1) is 11.9 Å². The van der Waals surface area contributed by atoms with Gasteiger partial charge in [0.15, 0.2) is 5.82 Å². The largest absolute Gasteiger partial charge is 0.337 e. The first-order valence-electron chi connectivity index (χ1n) is 10.2. The highest BCUT2D eigenvalue weighted by Gasteiger charge is 2.24. The van der Waals surface area contributed by atoms with Crippen molar-refractivity contribution in [2.45, 2.75) is 71.3 Å². The quantitative estimate of drug-likeness (QED) is 0.788. The Hall–Kier alpha value is -1.46. The van der Waals surface area contributed by atoms with Crippen LogP contribution in [0.1, 0.15) is 74.7 Å². The molecule has 0 saturated heterocycles. The first-order valence-corrected chi connectivity index (χ1v) is 11.0. The van der Waals surface area contributed by atoms with Gasteiger partial charge < -0.3 is 10.3 Å². The normalized spacial score (nSPS) is 21.5. The molecule has 2 aliphatic carbocycles. The number of quaternary nitrogens is 1. The molecule has 0 aliphatic heterocycles. The maximum Gasteiger partial charge on any atom is 0.260 e. The Balaban J connectivity index is 1.49. The van der Waals surface area contributed by atoms with Crippen molar-refractivity contribution in [1.29, 1.82) is 0 Å². The number of fused-ring (bicyclic) bond motifs is 3. The summed E-state index contributed by atoms with van der Waals surface area (Å²) in [6.45, 7) is 5.51. The molecule has 2 aromatic heterocycles. The molecule has 2 atom stereocenters. The molecule has 2 heterocycles. The summed E-state index contributed by atoms with van der Waals surface area (Å²) < 4.78 is 0. The van der Waals surface area contributed by atoms with E-state index in [1.807, 2.05) is 0 Å². The lowest BCUT2D eigenvalue weighted by molar-refractivity contribution is -0.693. The van der Waals surface area contributed by atoms with Crippen LogP contribution in [0, 0.1) is 5.92 Å². The van der Waals surface area contributed by atoms with Crippen molar-refractivity contribution in [3.05, 3.63) is 38.3 Å². The summed E-state index contributed by atoms with van der Waals surface area (Å²) in [5.41, 5.74) is 2.94. The number of thiophene rings is 1. The second-order valence-electron chi connectivity index (χ2n) is 8.15. The first kappa shape index (κ1) is 17.9. The minimum atomic E-state index is 0.0623. The van der Waals surface area contributed by atoms with Gasteiger partial charge in [0, 0.05) is 11.3 Å². The van der Waals surface area contributed by atoms with Gasteiger partial charge in [-0.3, -0.25) is 4.79 Å². The van der Waals surface area contributed by atoms with Crippen LogP contribution in [0.15, 0.2) is 16.4 Å². The number of nitrogens with zero attached hydrogens (tertiary/aromatic N) is 1. The van der Waals surface area contributed by atoms with Crippen molar-refractivity contribution in [1.82, 2.24) is 9.97 Å². The van der Waals surface area contributed by atoms with Gasteiger partial charge in [-0.05, 0) is 63.4 Å². The van der Waals surface area contributed by atoms with Gasteiger partial charge in [0.1, 0.15) is 10.9 Å². The van der Waals surface area contributed by atoms with Crippen LogP contribution in [-0.4, -0.2) is 16.5 Å². The summed E-state index contributed by atoms with van der Waals surface area (Å²) in [4.78, 5) is 23.0. The average molecular weight is 373 g/mol. The highest BCUT2D eigenvalue weighted by molar-refractivity contribution is 7.18. The summed E-state index contributed by atoms with van der Waals surface area (Å²) in [5.74, 6) is 1.54. The van der Waals surface area contributed by atoms with Crippen molar-refractivity contribution < 1.29 is 5.32 Å². The zero-order valence-electron chi connectivity index (χ0n) is 15.9. The molecule has 0 radical (unpaired) electrons. The van der Waals surface area contributed by atoms with Crippen LogP contribution in [0.2, 0.25) is 0 Å². The molecule has 5 heteroatoms. The SMILES string of the molecule is C[C@@H]1CCc2c(sc3nc([C@@H](C)[NH2+]CCC4=CCCCC4)[nH]c(=O)c23)C1. The van der Waals surface area contributed by atoms with Crippen LogP contribution in [0.4, 0.5) is 0 Å². The molecule has 0 bridgehead atoms. The van der Waals surface area contributed by atoms with E-state index in [1.165, 1.54) is 42.5 Å². The predicted molar refractivity (Wildman–Crippen MR) is 108 cm³/mol. The Morgan fingerprint density at radius 1 is 1.38 bits per heavy atom. The smallest absolute Gasteiger partial charge is 0.260 e. The van der Waals surface area contributed by atoms with Crippen LogP contribution >= 0.6 is 11.3 Å². The van der Waals surface area contributed by atoms with Crippen molar-refractivity contribution >= 4 is 21.6 Å². The molecule has 26 heavy (non-hydrogen) atoms. The lowest BCUT2D eigenvalue weighted by Crippen LogP contribution is -2.85. The summed E-state index contributed by atoms with van der Waals surface area (Å²) in [7, 11) is 0. The summed E-state index contributed by atoms with van der Waals surface area (Å²) >= 11 is 1.74. The lowest BCUT2D eigenvalue weighted by atomic mass is 9.89. The molecule has 4 rings (SSSR count). The Bertz CT molecular complexity index is 879. The molecular formula is C21H30N3OS+. The average Bonchev–Trinajstić information content (AvgIpc) is 3.00. The number of hydrogen-bond donors (Lipinski definition) is 2. The molecule has 0 amide bonds. The predicted octanol–water partition coefficient (Wildman–Crippen LogP) is 3.62. The van der Waals surface area contributed by atoms with E-state index in [2.05, 4.69) is 30.2 Å². The van der Waals surface area contributed by atoms with Crippen LogP contribution in [0.5, 0.6) is 0 Å². The van der Waals surface area contributed by atoms with E-state index in [9.17, 15) is 4.79 Å². The Labute approximate surface area is 159 Å². The standard InChI is InChI=1S/C21H29N3OS/c1-13-8-9-16-17(12-13)26-21-18(16)20(25)23-19(24-21)14(2)22-11-10-15-6-4-3-5-7-15/h6,13-14,22H,3-5,7-12H2,1-2H3,(H,23,24,25)/p+1/t13-,14-/m1/s1. The number of rotatable bonds is 5. The van der Waals surface area contributed by atoms with Crippen LogP contribution in [0.3, 0.4) is 0 Å².